The lowest BCUT2D eigenvalue weighted by atomic mass is 9.80. The summed E-state index contributed by atoms with van der Waals surface area (Å²) in [5.41, 5.74) is 5.57. The average Bonchev–Trinajstić information content (AvgIpc) is 3.32. The zero-order chi connectivity index (χ0) is 14.6. The first-order chi connectivity index (χ1) is 9.65. The van der Waals surface area contributed by atoms with E-state index < -0.39 is 0 Å². The Morgan fingerprint density at radius 2 is 1.68 bits per heavy atom. The molecular weight excluding hydrogens is 321 g/mol. The van der Waals surface area contributed by atoms with Crippen LogP contribution in [0.15, 0.2) is 0 Å². The molecule has 6 heteroatoms. The summed E-state index contributed by atoms with van der Waals surface area (Å²) in [5.74, 6) is 1.21. The number of amides is 1. The second-order valence-electron chi connectivity index (χ2n) is 6.61. The van der Waals surface area contributed by atoms with Crippen LogP contribution in [0, 0.1) is 11.3 Å². The van der Waals surface area contributed by atoms with Crippen LogP contribution in [-0.4, -0.2) is 43.0 Å². The molecule has 0 aromatic carbocycles. The van der Waals surface area contributed by atoms with Crippen molar-refractivity contribution in [2.24, 2.45) is 17.1 Å². The van der Waals surface area contributed by atoms with Crippen molar-refractivity contribution in [2.45, 2.75) is 58.4 Å². The molecule has 3 N–H and O–H groups in total. The summed E-state index contributed by atoms with van der Waals surface area (Å²) >= 11 is 0. The van der Waals surface area contributed by atoms with Gasteiger partial charge < -0.3 is 16.0 Å². The highest BCUT2D eigenvalue weighted by molar-refractivity contribution is 5.85. The van der Waals surface area contributed by atoms with E-state index in [4.69, 9.17) is 5.73 Å². The van der Waals surface area contributed by atoms with Crippen molar-refractivity contribution in [1.29, 1.82) is 0 Å². The van der Waals surface area contributed by atoms with Crippen LogP contribution in [0.1, 0.15) is 52.4 Å². The van der Waals surface area contributed by atoms with Crippen molar-refractivity contribution in [3.05, 3.63) is 0 Å². The van der Waals surface area contributed by atoms with Gasteiger partial charge in [-0.2, -0.15) is 0 Å². The van der Waals surface area contributed by atoms with Gasteiger partial charge in [-0.1, -0.05) is 13.8 Å². The van der Waals surface area contributed by atoms with Crippen LogP contribution < -0.4 is 11.1 Å². The average molecular weight is 354 g/mol. The Bertz CT molecular complexity index is 317. The number of likely N-dealkylation sites (tertiary alicyclic amines) is 1. The van der Waals surface area contributed by atoms with Crippen LogP contribution in [0.5, 0.6) is 0 Å². The number of rotatable bonds is 7. The van der Waals surface area contributed by atoms with Gasteiger partial charge in [-0.25, -0.2) is 0 Å². The molecule has 2 fully saturated rings. The van der Waals surface area contributed by atoms with E-state index in [1.54, 1.807) is 0 Å². The van der Waals surface area contributed by atoms with Gasteiger partial charge in [-0.3, -0.25) is 4.79 Å². The first-order valence-corrected chi connectivity index (χ1v) is 8.38. The van der Waals surface area contributed by atoms with Gasteiger partial charge in [0.1, 0.15) is 0 Å². The molecule has 0 aromatic rings. The van der Waals surface area contributed by atoms with Gasteiger partial charge in [-0.15, -0.1) is 24.8 Å². The van der Waals surface area contributed by atoms with Crippen LogP contribution in [0.4, 0.5) is 0 Å². The van der Waals surface area contributed by atoms with Crippen molar-refractivity contribution < 1.29 is 4.79 Å². The van der Waals surface area contributed by atoms with E-state index in [1.165, 1.54) is 19.4 Å². The second kappa shape index (κ2) is 9.96. The van der Waals surface area contributed by atoms with Gasteiger partial charge >= 0.3 is 0 Å². The van der Waals surface area contributed by atoms with Crippen molar-refractivity contribution in [2.75, 3.05) is 26.2 Å². The third-order valence-electron chi connectivity index (χ3n) is 5.37. The quantitative estimate of drug-likeness (QED) is 0.739. The number of hydrogen-bond donors (Lipinski definition) is 2. The smallest absolute Gasteiger partial charge is 0.230 e. The summed E-state index contributed by atoms with van der Waals surface area (Å²) in [7, 11) is 0. The Hall–Kier alpha value is -0.0300. The van der Waals surface area contributed by atoms with Gasteiger partial charge in [0, 0.05) is 25.7 Å². The minimum absolute atomic E-state index is 0. The van der Waals surface area contributed by atoms with Crippen LogP contribution in [0.25, 0.3) is 0 Å². The molecule has 0 spiro atoms. The molecule has 0 atom stereocenters. The van der Waals surface area contributed by atoms with Gasteiger partial charge in [-0.05, 0) is 51.0 Å². The third kappa shape index (κ3) is 5.26. The molecule has 2 aliphatic rings. The molecule has 1 aliphatic carbocycles. The molecule has 0 aromatic heterocycles. The van der Waals surface area contributed by atoms with Crippen molar-refractivity contribution in [3.63, 3.8) is 0 Å². The standard InChI is InChI=1S/C16H31N3O.2ClH/c1-3-16(4-2,12-17)15(20)19-9-7-14(8-10-19)18-11-13-5-6-13;;/h13-14,18H,3-12,17H2,1-2H3;2*1H. The van der Waals surface area contributed by atoms with E-state index in [2.05, 4.69) is 24.1 Å². The van der Waals surface area contributed by atoms with Crippen LogP contribution in [-0.2, 0) is 4.79 Å². The first kappa shape index (κ1) is 22.0. The van der Waals surface area contributed by atoms with E-state index in [9.17, 15) is 4.79 Å². The summed E-state index contributed by atoms with van der Waals surface area (Å²) in [6, 6.07) is 0.607. The second-order valence-corrected chi connectivity index (χ2v) is 6.61. The summed E-state index contributed by atoms with van der Waals surface area (Å²) in [4.78, 5) is 14.8. The van der Waals surface area contributed by atoms with Gasteiger partial charge in [0.05, 0.1) is 5.41 Å². The zero-order valence-corrected chi connectivity index (χ0v) is 15.6. The number of piperidine rings is 1. The fourth-order valence-electron chi connectivity index (χ4n) is 3.21. The normalized spacial score (nSPS) is 19.3. The predicted octanol–water partition coefficient (Wildman–Crippen LogP) is 2.59. The lowest BCUT2D eigenvalue weighted by molar-refractivity contribution is -0.143. The molecule has 1 aliphatic heterocycles. The van der Waals surface area contributed by atoms with E-state index in [-0.39, 0.29) is 36.1 Å². The van der Waals surface area contributed by atoms with E-state index in [0.717, 1.165) is 44.7 Å². The highest BCUT2D eigenvalue weighted by atomic mass is 35.5. The summed E-state index contributed by atoms with van der Waals surface area (Å²) in [6.07, 6.45) is 6.67. The Morgan fingerprint density at radius 1 is 1.14 bits per heavy atom. The monoisotopic (exact) mass is 353 g/mol. The van der Waals surface area contributed by atoms with Crippen molar-refractivity contribution in [3.8, 4) is 0 Å². The Morgan fingerprint density at radius 3 is 2.09 bits per heavy atom. The lowest BCUT2D eigenvalue weighted by Crippen LogP contribution is -2.52. The predicted molar refractivity (Wildman–Crippen MR) is 96.9 cm³/mol. The SMILES string of the molecule is CCC(CC)(CN)C(=O)N1CCC(NCC2CC2)CC1.Cl.Cl. The number of hydrogen-bond acceptors (Lipinski definition) is 3. The topological polar surface area (TPSA) is 58.4 Å². The van der Waals surface area contributed by atoms with Crippen LogP contribution in [0.2, 0.25) is 0 Å². The maximum atomic E-state index is 12.7. The van der Waals surface area contributed by atoms with Gasteiger partial charge in [0.2, 0.25) is 5.91 Å². The molecular formula is C16H33Cl2N3O. The molecule has 1 heterocycles. The molecule has 1 saturated heterocycles. The molecule has 1 amide bonds. The van der Waals surface area contributed by atoms with Gasteiger partial charge in [0.25, 0.3) is 0 Å². The minimum Gasteiger partial charge on any atom is -0.342 e. The number of nitrogens with two attached hydrogens (primary N) is 1. The maximum Gasteiger partial charge on any atom is 0.230 e. The lowest BCUT2D eigenvalue weighted by Gasteiger charge is -2.39. The minimum atomic E-state index is -0.325. The molecule has 132 valence electrons. The largest absolute Gasteiger partial charge is 0.342 e. The first-order valence-electron chi connectivity index (χ1n) is 8.38. The molecule has 22 heavy (non-hydrogen) atoms. The van der Waals surface area contributed by atoms with Crippen LogP contribution in [0.3, 0.4) is 0 Å². The molecule has 1 saturated carbocycles. The molecule has 0 radical (unpaired) electrons. The zero-order valence-electron chi connectivity index (χ0n) is 14.0. The third-order valence-corrected chi connectivity index (χ3v) is 5.37. The van der Waals surface area contributed by atoms with Gasteiger partial charge in [0.15, 0.2) is 0 Å². The molecule has 4 nitrogen and oxygen atoms in total. The number of halogens is 2. The number of nitrogens with one attached hydrogen (secondary N) is 1. The summed E-state index contributed by atoms with van der Waals surface area (Å²) in [6.45, 7) is 7.59. The summed E-state index contributed by atoms with van der Waals surface area (Å²) < 4.78 is 0. The van der Waals surface area contributed by atoms with Crippen molar-refractivity contribution in [1.82, 2.24) is 10.2 Å². The highest BCUT2D eigenvalue weighted by Gasteiger charge is 2.38. The number of carbonyl (C=O) groups excluding carboxylic acids is 1. The Labute approximate surface area is 147 Å². The number of carbonyl (C=O) groups is 1. The summed E-state index contributed by atoms with van der Waals surface area (Å²) in [5, 5.41) is 3.66. The fourth-order valence-corrected chi connectivity index (χ4v) is 3.21. The Balaban J connectivity index is 0.00000220. The van der Waals surface area contributed by atoms with E-state index in [1.807, 2.05) is 0 Å². The Kier molecular flexibility index (Phi) is 9.95. The number of nitrogens with zero attached hydrogens (tertiary/aromatic N) is 1. The molecule has 2 rings (SSSR count). The highest BCUT2D eigenvalue weighted by Crippen LogP contribution is 2.30. The molecule has 0 bridgehead atoms. The van der Waals surface area contributed by atoms with E-state index >= 15 is 0 Å². The fraction of sp³-hybridized carbons (Fsp3) is 0.938. The van der Waals surface area contributed by atoms with Crippen molar-refractivity contribution >= 4 is 30.7 Å². The van der Waals surface area contributed by atoms with E-state index in [0.29, 0.717) is 12.6 Å². The molecule has 0 unspecified atom stereocenters. The van der Waals surface area contributed by atoms with Crippen LogP contribution >= 0.6 is 24.8 Å². The maximum absolute atomic E-state index is 12.7.